The highest BCUT2D eigenvalue weighted by Crippen LogP contribution is 2.55. The number of fused-ring (bicyclic) bond motifs is 2. The van der Waals surface area contributed by atoms with Gasteiger partial charge in [0.1, 0.15) is 0 Å². The van der Waals surface area contributed by atoms with Crippen molar-refractivity contribution in [1.82, 2.24) is 4.98 Å². The minimum atomic E-state index is -2.38. The van der Waals surface area contributed by atoms with Crippen LogP contribution in [0.15, 0.2) is 17.2 Å². The molecule has 50 valence electrons. The Balaban J connectivity index is 2.56. The minimum absolute atomic E-state index is 0.388. The summed E-state index contributed by atoms with van der Waals surface area (Å²) in [6.07, 6.45) is 1.65. The van der Waals surface area contributed by atoms with Crippen LogP contribution in [0.25, 0.3) is 0 Å². The third-order valence-electron chi connectivity index (χ3n) is 1.45. The van der Waals surface area contributed by atoms with Crippen LogP contribution in [0.5, 0.6) is 0 Å². The number of aromatic nitrogens is 1. The maximum atomic E-state index is 9.16. The second kappa shape index (κ2) is 1.34. The highest BCUT2D eigenvalue weighted by Gasteiger charge is 2.25. The van der Waals surface area contributed by atoms with E-state index in [0.29, 0.717) is 10.6 Å². The SMILES string of the molecule is OS1(O)Cc2cc1c[nH]2. The van der Waals surface area contributed by atoms with Crippen LogP contribution in [0.1, 0.15) is 5.69 Å². The van der Waals surface area contributed by atoms with E-state index in [1.54, 1.807) is 12.3 Å². The van der Waals surface area contributed by atoms with E-state index in [1.165, 1.54) is 0 Å². The molecule has 1 aliphatic rings. The fourth-order valence-electron chi connectivity index (χ4n) is 0.991. The van der Waals surface area contributed by atoms with E-state index in [9.17, 15) is 0 Å². The maximum absolute atomic E-state index is 9.16. The fraction of sp³-hybridized carbons (Fsp3) is 0.200. The van der Waals surface area contributed by atoms with Gasteiger partial charge in [-0.25, -0.2) is 0 Å². The van der Waals surface area contributed by atoms with E-state index in [-0.39, 0.29) is 0 Å². The van der Waals surface area contributed by atoms with Crippen LogP contribution in [0.4, 0.5) is 0 Å². The predicted molar refractivity (Wildman–Crippen MR) is 35.6 cm³/mol. The van der Waals surface area contributed by atoms with Crippen molar-refractivity contribution in [2.45, 2.75) is 10.6 Å². The first kappa shape index (κ1) is 5.34. The molecule has 9 heavy (non-hydrogen) atoms. The van der Waals surface area contributed by atoms with Gasteiger partial charge in [0.2, 0.25) is 0 Å². The summed E-state index contributed by atoms with van der Waals surface area (Å²) in [4.78, 5) is 3.56. The molecule has 2 heterocycles. The lowest BCUT2D eigenvalue weighted by molar-refractivity contribution is 0.487. The van der Waals surface area contributed by atoms with Gasteiger partial charge in [0, 0.05) is 11.9 Å². The summed E-state index contributed by atoms with van der Waals surface area (Å²) >= 11 is 0. The monoisotopic (exact) mass is 145 g/mol. The summed E-state index contributed by atoms with van der Waals surface area (Å²) in [5, 5.41) is 0. The average molecular weight is 145 g/mol. The van der Waals surface area contributed by atoms with Gasteiger partial charge in [0.15, 0.2) is 0 Å². The molecule has 0 aromatic carbocycles. The van der Waals surface area contributed by atoms with Crippen LogP contribution < -0.4 is 0 Å². The second-order valence-corrected chi connectivity index (χ2v) is 4.27. The lowest BCUT2D eigenvalue weighted by atomic mass is 10.5. The molecule has 2 rings (SSSR count). The Bertz CT molecular complexity index is 243. The van der Waals surface area contributed by atoms with Crippen molar-refractivity contribution >= 4 is 10.6 Å². The molecular formula is C5H7NO2S. The second-order valence-electron chi connectivity index (χ2n) is 2.17. The van der Waals surface area contributed by atoms with Gasteiger partial charge in [-0.15, -0.1) is 0 Å². The van der Waals surface area contributed by atoms with E-state index >= 15 is 0 Å². The Morgan fingerprint density at radius 3 is 2.56 bits per heavy atom. The zero-order valence-electron chi connectivity index (χ0n) is 4.66. The van der Waals surface area contributed by atoms with Crippen molar-refractivity contribution in [1.29, 1.82) is 0 Å². The Morgan fingerprint density at radius 1 is 1.56 bits per heavy atom. The third-order valence-corrected chi connectivity index (χ3v) is 3.15. The van der Waals surface area contributed by atoms with Crippen molar-refractivity contribution in [3.63, 3.8) is 0 Å². The van der Waals surface area contributed by atoms with Gasteiger partial charge in [-0.1, -0.05) is 0 Å². The molecule has 1 aliphatic heterocycles. The molecule has 1 aromatic rings. The van der Waals surface area contributed by atoms with Gasteiger partial charge in [0.25, 0.3) is 0 Å². The molecule has 0 aliphatic carbocycles. The average Bonchev–Trinajstić information content (AvgIpc) is 2.19. The van der Waals surface area contributed by atoms with E-state index in [1.807, 2.05) is 0 Å². The van der Waals surface area contributed by atoms with Crippen molar-refractivity contribution in [3.8, 4) is 0 Å². The molecule has 0 radical (unpaired) electrons. The van der Waals surface area contributed by atoms with Crippen molar-refractivity contribution in [3.05, 3.63) is 18.0 Å². The molecule has 2 bridgehead atoms. The van der Waals surface area contributed by atoms with Crippen LogP contribution in [-0.4, -0.2) is 14.1 Å². The number of hydrogen-bond acceptors (Lipinski definition) is 2. The summed E-state index contributed by atoms with van der Waals surface area (Å²) in [6, 6.07) is 1.79. The highest BCUT2D eigenvalue weighted by molar-refractivity contribution is 8.23. The van der Waals surface area contributed by atoms with E-state index in [2.05, 4.69) is 4.98 Å². The van der Waals surface area contributed by atoms with Gasteiger partial charge >= 0.3 is 0 Å². The minimum Gasteiger partial charge on any atom is -0.362 e. The largest absolute Gasteiger partial charge is 0.362 e. The molecule has 0 fully saturated rings. The summed E-state index contributed by atoms with van der Waals surface area (Å²) < 4.78 is 18.3. The summed E-state index contributed by atoms with van der Waals surface area (Å²) in [7, 11) is -2.38. The Hall–Kier alpha value is -0.450. The third kappa shape index (κ3) is 0.608. The summed E-state index contributed by atoms with van der Waals surface area (Å²) in [6.45, 7) is 0. The van der Waals surface area contributed by atoms with Crippen LogP contribution in [0.2, 0.25) is 0 Å². The van der Waals surface area contributed by atoms with Crippen molar-refractivity contribution in [2.75, 3.05) is 0 Å². The molecule has 3 N–H and O–H groups in total. The van der Waals surface area contributed by atoms with Crippen LogP contribution >= 0.6 is 10.6 Å². The molecule has 0 saturated carbocycles. The number of H-pyrrole nitrogens is 1. The summed E-state index contributed by atoms with van der Waals surface area (Å²) in [5.74, 6) is 0.388. The first-order valence-corrected chi connectivity index (χ1v) is 4.33. The Morgan fingerprint density at radius 2 is 2.33 bits per heavy atom. The van der Waals surface area contributed by atoms with Gasteiger partial charge in [-0.3, -0.25) is 9.11 Å². The zero-order valence-corrected chi connectivity index (χ0v) is 5.48. The molecule has 0 atom stereocenters. The molecule has 0 saturated heterocycles. The normalized spacial score (nSPS) is 24.2. The molecule has 4 heteroatoms. The van der Waals surface area contributed by atoms with Gasteiger partial charge in [-0.2, -0.15) is 10.6 Å². The van der Waals surface area contributed by atoms with E-state index in [4.69, 9.17) is 9.11 Å². The van der Waals surface area contributed by atoms with Crippen molar-refractivity contribution < 1.29 is 9.11 Å². The molecule has 1 aromatic heterocycles. The van der Waals surface area contributed by atoms with Crippen LogP contribution in [0.3, 0.4) is 0 Å². The first-order valence-electron chi connectivity index (χ1n) is 2.62. The Labute approximate surface area is 54.1 Å². The van der Waals surface area contributed by atoms with Crippen LogP contribution in [0, 0.1) is 0 Å². The van der Waals surface area contributed by atoms with Gasteiger partial charge in [0.05, 0.1) is 10.6 Å². The molecule has 3 nitrogen and oxygen atoms in total. The fourth-order valence-corrected chi connectivity index (χ4v) is 2.34. The maximum Gasteiger partial charge on any atom is 0.0826 e. The predicted octanol–water partition coefficient (Wildman–Crippen LogP) is 1.64. The molecule has 0 spiro atoms. The number of aromatic amines is 1. The number of hydrogen-bond donors (Lipinski definition) is 3. The number of rotatable bonds is 0. The van der Waals surface area contributed by atoms with E-state index < -0.39 is 10.6 Å². The quantitative estimate of drug-likeness (QED) is 0.519. The lowest BCUT2D eigenvalue weighted by Crippen LogP contribution is -1.98. The summed E-state index contributed by atoms with van der Waals surface area (Å²) in [5.41, 5.74) is 0.921. The molecule has 0 amide bonds. The van der Waals surface area contributed by atoms with Crippen LogP contribution in [-0.2, 0) is 5.75 Å². The standard InChI is InChI=1S/C5H7NO2S/c7-9(8)3-4-1-5(9)2-6-4/h1-2,6-8H,3H2. The molecule has 0 unspecified atom stereocenters. The number of nitrogens with one attached hydrogen (secondary N) is 1. The van der Waals surface area contributed by atoms with Crippen molar-refractivity contribution in [2.24, 2.45) is 0 Å². The molecular weight excluding hydrogens is 138 g/mol. The zero-order chi connectivity index (χ0) is 6.48. The van der Waals surface area contributed by atoms with Gasteiger partial charge < -0.3 is 4.98 Å². The van der Waals surface area contributed by atoms with E-state index in [0.717, 1.165) is 5.69 Å². The first-order chi connectivity index (χ1) is 4.18. The smallest absolute Gasteiger partial charge is 0.0826 e. The van der Waals surface area contributed by atoms with Gasteiger partial charge in [-0.05, 0) is 6.07 Å². The Kier molecular flexibility index (Phi) is 0.795. The topological polar surface area (TPSA) is 56.2 Å². The highest BCUT2D eigenvalue weighted by atomic mass is 32.3. The lowest BCUT2D eigenvalue weighted by Gasteiger charge is -2.27.